The number of hydrogen-bond acceptors (Lipinski definition) is 5. The van der Waals surface area contributed by atoms with Gasteiger partial charge in [-0.2, -0.15) is 0 Å². The van der Waals surface area contributed by atoms with Crippen molar-refractivity contribution in [2.24, 2.45) is 0 Å². The molecule has 0 aliphatic heterocycles. The molecule has 0 fully saturated rings. The van der Waals surface area contributed by atoms with E-state index in [1.807, 2.05) is 0 Å². The summed E-state index contributed by atoms with van der Waals surface area (Å²) in [6, 6.07) is 4.65. The van der Waals surface area contributed by atoms with Crippen molar-refractivity contribution in [3.05, 3.63) is 53.3 Å². The molecule has 10 heteroatoms. The molecule has 6 nitrogen and oxygen atoms in total. The lowest BCUT2D eigenvalue weighted by Gasteiger charge is -2.12. The van der Waals surface area contributed by atoms with Gasteiger partial charge >= 0.3 is 0 Å². The highest BCUT2D eigenvalue weighted by molar-refractivity contribution is 7.89. The molecule has 25 heavy (non-hydrogen) atoms. The molecule has 0 radical (unpaired) electrons. The largest absolute Gasteiger partial charge is 0.493 e. The Morgan fingerprint density at radius 2 is 1.72 bits per heavy atom. The Bertz CT molecular complexity index is 931. The minimum absolute atomic E-state index is 0.0568. The summed E-state index contributed by atoms with van der Waals surface area (Å²) in [7, 11) is -2.73. The zero-order valence-electron chi connectivity index (χ0n) is 13.0. The van der Waals surface area contributed by atoms with E-state index in [2.05, 4.69) is 0 Å². The number of para-hydroxylation sites is 1. The molecule has 0 saturated heterocycles. The van der Waals surface area contributed by atoms with Crippen LogP contribution in [0.5, 0.6) is 17.2 Å². The minimum atomic E-state index is -3.96. The topological polar surface area (TPSA) is 81.7 Å². The van der Waals surface area contributed by atoms with E-state index in [1.165, 1.54) is 24.0 Å². The van der Waals surface area contributed by atoms with Crippen LogP contribution in [0.15, 0.2) is 30.3 Å². The summed E-state index contributed by atoms with van der Waals surface area (Å²) in [5.74, 6) is -5.93. The average molecular weight is 375 g/mol. The molecule has 0 aromatic heterocycles. The summed E-state index contributed by atoms with van der Waals surface area (Å²) in [6.45, 7) is 0. The van der Waals surface area contributed by atoms with Gasteiger partial charge in [0.05, 0.1) is 18.9 Å². The molecule has 0 aliphatic rings. The van der Waals surface area contributed by atoms with Gasteiger partial charge < -0.3 is 9.47 Å². The van der Waals surface area contributed by atoms with Crippen molar-refractivity contribution >= 4 is 15.9 Å². The number of halogens is 3. The third kappa shape index (κ3) is 4.41. The van der Waals surface area contributed by atoms with Crippen LogP contribution in [0.3, 0.4) is 0 Å². The van der Waals surface area contributed by atoms with Crippen LogP contribution in [0, 0.1) is 17.5 Å². The van der Waals surface area contributed by atoms with Crippen molar-refractivity contribution in [2.45, 2.75) is 0 Å². The first-order valence-corrected chi connectivity index (χ1v) is 8.53. The number of carbonyl (C=O) groups is 1. The van der Waals surface area contributed by atoms with Crippen LogP contribution >= 0.6 is 0 Å². The number of amides is 1. The SMILES string of the molecule is COc1cccc(F)c1Oc1cc(F)c(C(=O)NS(C)(=O)=O)cc1F. The van der Waals surface area contributed by atoms with E-state index in [0.717, 1.165) is 6.07 Å². The van der Waals surface area contributed by atoms with Crippen molar-refractivity contribution in [3.8, 4) is 17.2 Å². The lowest BCUT2D eigenvalue weighted by Crippen LogP contribution is -2.30. The average Bonchev–Trinajstić information content (AvgIpc) is 2.50. The number of carbonyl (C=O) groups excluding carboxylic acids is 1. The third-order valence-corrected chi connectivity index (χ3v) is 3.46. The van der Waals surface area contributed by atoms with Gasteiger partial charge in [0.25, 0.3) is 5.91 Å². The summed E-state index contributed by atoms with van der Waals surface area (Å²) < 4.78 is 75.3. The highest BCUT2D eigenvalue weighted by atomic mass is 32.2. The van der Waals surface area contributed by atoms with Crippen molar-refractivity contribution in [1.29, 1.82) is 0 Å². The molecule has 0 spiro atoms. The van der Waals surface area contributed by atoms with E-state index in [0.29, 0.717) is 18.4 Å². The number of benzene rings is 2. The van der Waals surface area contributed by atoms with Gasteiger partial charge in [-0.3, -0.25) is 4.79 Å². The van der Waals surface area contributed by atoms with Gasteiger partial charge in [-0.15, -0.1) is 0 Å². The quantitative estimate of drug-likeness (QED) is 0.869. The van der Waals surface area contributed by atoms with E-state index in [4.69, 9.17) is 9.47 Å². The van der Waals surface area contributed by atoms with Gasteiger partial charge in [-0.05, 0) is 18.2 Å². The zero-order chi connectivity index (χ0) is 18.8. The van der Waals surface area contributed by atoms with Crippen LogP contribution in [0.2, 0.25) is 0 Å². The number of methoxy groups -OCH3 is 1. The summed E-state index contributed by atoms with van der Waals surface area (Å²) in [6.07, 6.45) is 0.682. The van der Waals surface area contributed by atoms with E-state index >= 15 is 0 Å². The van der Waals surface area contributed by atoms with Crippen LogP contribution in [-0.4, -0.2) is 27.7 Å². The maximum absolute atomic E-state index is 14.1. The van der Waals surface area contributed by atoms with E-state index in [1.54, 1.807) is 0 Å². The van der Waals surface area contributed by atoms with Gasteiger partial charge in [-0.25, -0.2) is 26.3 Å². The Morgan fingerprint density at radius 3 is 2.32 bits per heavy atom. The van der Waals surface area contributed by atoms with Crippen molar-refractivity contribution in [2.75, 3.05) is 13.4 Å². The molecule has 0 bridgehead atoms. The summed E-state index contributed by atoms with van der Waals surface area (Å²) >= 11 is 0. The van der Waals surface area contributed by atoms with Gasteiger partial charge in [-0.1, -0.05) is 6.07 Å². The second-order valence-electron chi connectivity index (χ2n) is 4.84. The summed E-state index contributed by atoms with van der Waals surface area (Å²) in [5, 5.41) is 0. The molecule has 0 saturated carbocycles. The predicted molar refractivity (Wildman–Crippen MR) is 81.7 cm³/mol. The molecule has 0 aliphatic carbocycles. The molecule has 1 amide bonds. The van der Waals surface area contributed by atoms with Crippen molar-refractivity contribution in [1.82, 2.24) is 4.72 Å². The van der Waals surface area contributed by atoms with Gasteiger partial charge in [0, 0.05) is 6.07 Å². The summed E-state index contributed by atoms with van der Waals surface area (Å²) in [5.41, 5.74) is -0.851. The molecular weight excluding hydrogens is 363 g/mol. The third-order valence-electron chi connectivity index (χ3n) is 2.91. The maximum atomic E-state index is 14.1. The molecule has 0 heterocycles. The fourth-order valence-corrected chi connectivity index (χ4v) is 2.31. The smallest absolute Gasteiger partial charge is 0.267 e. The lowest BCUT2D eigenvalue weighted by atomic mass is 10.2. The van der Waals surface area contributed by atoms with Crippen molar-refractivity contribution < 1.29 is 35.9 Å². The number of nitrogens with one attached hydrogen (secondary N) is 1. The highest BCUT2D eigenvalue weighted by Gasteiger charge is 2.21. The predicted octanol–water partition coefficient (Wildman–Crippen LogP) is 2.59. The first-order valence-electron chi connectivity index (χ1n) is 6.64. The van der Waals surface area contributed by atoms with E-state index in [9.17, 15) is 26.4 Å². The van der Waals surface area contributed by atoms with Crippen LogP contribution < -0.4 is 14.2 Å². The Morgan fingerprint density at radius 1 is 1.04 bits per heavy atom. The molecule has 2 rings (SSSR count). The lowest BCUT2D eigenvalue weighted by molar-refractivity contribution is 0.0977. The second-order valence-corrected chi connectivity index (χ2v) is 6.59. The Kier molecular flexibility index (Phi) is 5.21. The fraction of sp³-hybridized carbons (Fsp3) is 0.133. The zero-order valence-corrected chi connectivity index (χ0v) is 13.8. The molecular formula is C15H12F3NO5S. The van der Waals surface area contributed by atoms with E-state index in [-0.39, 0.29) is 5.75 Å². The number of sulfonamides is 1. The monoisotopic (exact) mass is 375 g/mol. The van der Waals surface area contributed by atoms with E-state index < -0.39 is 50.4 Å². The standard InChI is InChI=1S/C15H12F3NO5S/c1-23-12-5-3-4-9(16)14(12)24-13-7-10(17)8(6-11(13)18)15(20)19-25(2,21)22/h3-7H,1-2H3,(H,19,20). The number of ether oxygens (including phenoxy) is 2. The Hall–Kier alpha value is -2.75. The van der Waals surface area contributed by atoms with Crippen LogP contribution in [0.1, 0.15) is 10.4 Å². The Balaban J connectivity index is 2.40. The first-order chi connectivity index (χ1) is 11.6. The number of hydrogen-bond donors (Lipinski definition) is 1. The second kappa shape index (κ2) is 7.01. The molecule has 134 valence electrons. The number of rotatable bonds is 5. The molecule has 0 atom stereocenters. The first kappa shape index (κ1) is 18.6. The molecule has 2 aromatic rings. The fourth-order valence-electron chi connectivity index (χ4n) is 1.86. The van der Waals surface area contributed by atoms with Gasteiger partial charge in [0.2, 0.25) is 15.8 Å². The summed E-state index contributed by atoms with van der Waals surface area (Å²) in [4.78, 5) is 11.6. The van der Waals surface area contributed by atoms with Crippen molar-refractivity contribution in [3.63, 3.8) is 0 Å². The molecule has 2 aromatic carbocycles. The van der Waals surface area contributed by atoms with Crippen LogP contribution in [0.4, 0.5) is 13.2 Å². The maximum Gasteiger partial charge on any atom is 0.267 e. The van der Waals surface area contributed by atoms with Gasteiger partial charge in [0.15, 0.2) is 23.1 Å². The highest BCUT2D eigenvalue weighted by Crippen LogP contribution is 2.35. The van der Waals surface area contributed by atoms with Gasteiger partial charge in [0.1, 0.15) is 5.82 Å². The van der Waals surface area contributed by atoms with Crippen LogP contribution in [-0.2, 0) is 10.0 Å². The normalized spacial score (nSPS) is 11.1. The minimum Gasteiger partial charge on any atom is -0.493 e. The molecule has 0 unspecified atom stereocenters. The van der Waals surface area contributed by atoms with Crippen LogP contribution in [0.25, 0.3) is 0 Å². The molecule has 1 N–H and O–H groups in total. The Labute approximate surface area is 141 Å².